The Morgan fingerprint density at radius 1 is 0.722 bits per heavy atom. The van der Waals surface area contributed by atoms with E-state index in [4.69, 9.17) is 11.6 Å². The van der Waals surface area contributed by atoms with Crippen molar-refractivity contribution in [2.24, 2.45) is 0 Å². The third kappa shape index (κ3) is 5.21. The molecular formula is C28H19ClF6O. The van der Waals surface area contributed by atoms with Crippen molar-refractivity contribution >= 4 is 11.6 Å². The Labute approximate surface area is 208 Å². The molecule has 0 atom stereocenters. The van der Waals surface area contributed by atoms with E-state index >= 15 is 4.39 Å². The molecule has 0 fully saturated rings. The van der Waals surface area contributed by atoms with Crippen LogP contribution >= 0.6 is 11.6 Å². The van der Waals surface area contributed by atoms with Crippen molar-refractivity contribution in [3.8, 4) is 28.0 Å². The van der Waals surface area contributed by atoms with Gasteiger partial charge in [0.15, 0.2) is 17.5 Å². The number of benzene rings is 4. The van der Waals surface area contributed by atoms with E-state index in [9.17, 15) is 22.0 Å². The molecule has 0 aliphatic carbocycles. The lowest BCUT2D eigenvalue weighted by Gasteiger charge is -2.19. The maximum absolute atomic E-state index is 15.2. The van der Waals surface area contributed by atoms with E-state index in [0.717, 1.165) is 36.1 Å². The Morgan fingerprint density at radius 2 is 1.25 bits per heavy atom. The standard InChI is InChI=1S/C28H19ClF6O/c1-2-3-16-4-6-17(7-5-16)21-12-13-22(26(32)25(21)29)18-8-10-19(11-9-18)28(34,35)36-20-14-23(30)27(33)24(31)15-20/h4-15H,2-3H2,1H3. The third-order valence-corrected chi connectivity index (χ3v) is 5.99. The Hall–Kier alpha value is -3.45. The minimum Gasteiger partial charge on any atom is -0.429 e. The SMILES string of the molecule is CCCc1ccc(-c2ccc(-c3ccc(C(F)(F)Oc4cc(F)c(F)c(F)c4)cc3)c(F)c2Cl)cc1. The van der Waals surface area contributed by atoms with E-state index in [1.54, 1.807) is 6.07 Å². The van der Waals surface area contributed by atoms with Gasteiger partial charge in [-0.05, 0) is 35.2 Å². The largest absolute Gasteiger partial charge is 0.429 e. The maximum Gasteiger partial charge on any atom is 0.426 e. The van der Waals surface area contributed by atoms with Crippen molar-refractivity contribution < 1.29 is 31.1 Å². The molecule has 0 radical (unpaired) electrons. The zero-order valence-electron chi connectivity index (χ0n) is 18.9. The molecule has 8 heteroatoms. The summed E-state index contributed by atoms with van der Waals surface area (Å²) in [5, 5.41) is -0.103. The molecule has 0 bridgehead atoms. The molecule has 0 saturated carbocycles. The fraction of sp³-hybridized carbons (Fsp3) is 0.143. The normalized spacial score (nSPS) is 11.6. The zero-order chi connectivity index (χ0) is 26.0. The van der Waals surface area contributed by atoms with Crippen molar-refractivity contribution in [3.63, 3.8) is 0 Å². The van der Waals surface area contributed by atoms with Crippen LogP contribution in [0.25, 0.3) is 22.3 Å². The highest BCUT2D eigenvalue weighted by atomic mass is 35.5. The van der Waals surface area contributed by atoms with E-state index in [2.05, 4.69) is 11.7 Å². The van der Waals surface area contributed by atoms with Gasteiger partial charge in [-0.15, -0.1) is 0 Å². The summed E-state index contributed by atoms with van der Waals surface area (Å²) in [5.41, 5.74) is 2.11. The van der Waals surface area contributed by atoms with Gasteiger partial charge in [0.2, 0.25) is 0 Å². The fourth-order valence-electron chi connectivity index (χ4n) is 3.78. The molecule has 4 aromatic carbocycles. The average Bonchev–Trinajstić information content (AvgIpc) is 2.85. The number of alkyl halides is 2. The number of halogens is 7. The maximum atomic E-state index is 15.2. The molecule has 186 valence electrons. The fourth-order valence-corrected chi connectivity index (χ4v) is 4.05. The third-order valence-electron chi connectivity index (χ3n) is 5.62. The molecule has 0 aromatic heterocycles. The summed E-state index contributed by atoms with van der Waals surface area (Å²) in [4.78, 5) is 0. The highest BCUT2D eigenvalue weighted by Crippen LogP contribution is 2.38. The molecular weight excluding hydrogens is 502 g/mol. The summed E-state index contributed by atoms with van der Waals surface area (Å²) in [5.74, 6) is -6.72. The first kappa shape index (κ1) is 25.6. The van der Waals surface area contributed by atoms with Crippen molar-refractivity contribution in [1.29, 1.82) is 0 Å². The molecule has 0 amide bonds. The summed E-state index contributed by atoms with van der Waals surface area (Å²) in [6.45, 7) is 2.08. The van der Waals surface area contributed by atoms with Crippen molar-refractivity contribution in [1.82, 2.24) is 0 Å². The minimum atomic E-state index is -4.00. The quantitative estimate of drug-likeness (QED) is 0.174. The first-order valence-corrected chi connectivity index (χ1v) is 11.4. The van der Waals surface area contributed by atoms with E-state index < -0.39 is 40.7 Å². The molecule has 0 unspecified atom stereocenters. The van der Waals surface area contributed by atoms with Crippen molar-refractivity contribution in [2.75, 3.05) is 0 Å². The van der Waals surface area contributed by atoms with Crippen LogP contribution in [-0.2, 0) is 12.5 Å². The lowest BCUT2D eigenvalue weighted by Crippen LogP contribution is -2.22. The first-order chi connectivity index (χ1) is 17.1. The van der Waals surface area contributed by atoms with Gasteiger partial charge in [-0.1, -0.05) is 73.5 Å². The number of ether oxygens (including phenoxy) is 1. The number of aryl methyl sites for hydroxylation is 1. The van der Waals surface area contributed by atoms with Crippen LogP contribution in [0.2, 0.25) is 5.02 Å². The summed E-state index contributed by atoms with van der Waals surface area (Å²) >= 11 is 6.31. The van der Waals surface area contributed by atoms with Crippen LogP contribution in [0.3, 0.4) is 0 Å². The van der Waals surface area contributed by atoms with E-state index in [0.29, 0.717) is 17.7 Å². The molecule has 0 spiro atoms. The van der Waals surface area contributed by atoms with Crippen LogP contribution in [-0.4, -0.2) is 0 Å². The van der Waals surface area contributed by atoms with Gasteiger partial charge in [0.25, 0.3) is 0 Å². The van der Waals surface area contributed by atoms with E-state index in [-0.39, 0.29) is 16.1 Å². The average molecular weight is 521 g/mol. The van der Waals surface area contributed by atoms with Crippen molar-refractivity contribution in [3.05, 3.63) is 112 Å². The Balaban J connectivity index is 1.58. The monoisotopic (exact) mass is 520 g/mol. The number of hydrogen-bond donors (Lipinski definition) is 0. The lowest BCUT2D eigenvalue weighted by atomic mass is 9.97. The second kappa shape index (κ2) is 10.3. The van der Waals surface area contributed by atoms with Crippen LogP contribution in [0.4, 0.5) is 26.3 Å². The van der Waals surface area contributed by atoms with Gasteiger partial charge in [-0.3, -0.25) is 0 Å². The second-order valence-corrected chi connectivity index (χ2v) is 8.51. The lowest BCUT2D eigenvalue weighted by molar-refractivity contribution is -0.185. The van der Waals surface area contributed by atoms with E-state index in [1.807, 2.05) is 24.3 Å². The molecule has 1 nitrogen and oxygen atoms in total. The summed E-state index contributed by atoms with van der Waals surface area (Å²) in [6, 6.07) is 15.9. The summed E-state index contributed by atoms with van der Waals surface area (Å²) in [6.07, 6.45) is -2.07. The van der Waals surface area contributed by atoms with Gasteiger partial charge < -0.3 is 4.74 Å². The molecule has 4 rings (SSSR count). The topological polar surface area (TPSA) is 9.23 Å². The van der Waals surface area contributed by atoms with Gasteiger partial charge >= 0.3 is 6.11 Å². The van der Waals surface area contributed by atoms with Gasteiger partial charge in [0.05, 0.1) is 10.6 Å². The molecule has 0 N–H and O–H groups in total. The van der Waals surface area contributed by atoms with Gasteiger partial charge in [0, 0.05) is 23.3 Å². The Kier molecular flexibility index (Phi) is 7.31. The molecule has 0 aliphatic heterocycles. The molecule has 0 aliphatic rings. The Bertz CT molecular complexity index is 1360. The summed E-state index contributed by atoms with van der Waals surface area (Å²) in [7, 11) is 0. The Morgan fingerprint density at radius 3 is 1.83 bits per heavy atom. The zero-order valence-corrected chi connectivity index (χ0v) is 19.7. The highest BCUT2D eigenvalue weighted by Gasteiger charge is 2.35. The second-order valence-electron chi connectivity index (χ2n) is 8.13. The van der Waals surface area contributed by atoms with Crippen molar-refractivity contribution in [2.45, 2.75) is 25.9 Å². The molecule has 4 aromatic rings. The minimum absolute atomic E-state index is 0.102. The molecule has 0 heterocycles. The predicted octanol–water partition coefficient (Wildman–Crippen LogP) is 9.31. The van der Waals surface area contributed by atoms with Gasteiger partial charge in [0.1, 0.15) is 11.6 Å². The van der Waals surface area contributed by atoms with Gasteiger partial charge in [-0.2, -0.15) is 8.78 Å². The van der Waals surface area contributed by atoms with Crippen LogP contribution in [0.15, 0.2) is 72.8 Å². The molecule has 0 saturated heterocycles. The first-order valence-electron chi connectivity index (χ1n) is 11.0. The van der Waals surface area contributed by atoms with Gasteiger partial charge in [-0.25, -0.2) is 17.6 Å². The summed E-state index contributed by atoms with van der Waals surface area (Å²) < 4.78 is 88.4. The predicted molar refractivity (Wildman–Crippen MR) is 127 cm³/mol. The van der Waals surface area contributed by atoms with Crippen LogP contribution in [0.1, 0.15) is 24.5 Å². The van der Waals surface area contributed by atoms with E-state index in [1.165, 1.54) is 18.2 Å². The van der Waals surface area contributed by atoms with Crippen LogP contribution in [0, 0.1) is 23.3 Å². The number of hydrogen-bond acceptors (Lipinski definition) is 1. The smallest absolute Gasteiger partial charge is 0.426 e. The van der Waals surface area contributed by atoms with Crippen LogP contribution in [0.5, 0.6) is 5.75 Å². The highest BCUT2D eigenvalue weighted by molar-refractivity contribution is 6.33. The van der Waals surface area contributed by atoms with Crippen LogP contribution < -0.4 is 4.74 Å². The molecule has 36 heavy (non-hydrogen) atoms. The number of rotatable bonds is 7.